The highest BCUT2D eigenvalue weighted by molar-refractivity contribution is 5.52. The quantitative estimate of drug-likeness (QED) is 0.531. The van der Waals surface area contributed by atoms with E-state index >= 15 is 0 Å². The lowest BCUT2D eigenvalue weighted by Gasteiger charge is -2.01. The molecule has 0 atom stereocenters. The Kier molecular flexibility index (Phi) is 3.86. The monoisotopic (exact) mass is 183 g/mol. The maximum Gasteiger partial charge on any atom is 0.148 e. The lowest BCUT2D eigenvalue weighted by molar-refractivity contribution is 0.370. The number of benzene rings is 1. The van der Waals surface area contributed by atoms with Gasteiger partial charge in [-0.15, -0.1) is 6.42 Å². The molecule has 0 heterocycles. The molecule has 0 aliphatic carbocycles. The van der Waals surface area contributed by atoms with E-state index < -0.39 is 0 Å². The zero-order chi connectivity index (χ0) is 10.2. The van der Waals surface area contributed by atoms with Crippen LogP contribution < -0.4 is 4.74 Å². The summed E-state index contributed by atoms with van der Waals surface area (Å²) in [4.78, 5) is 0. The summed E-state index contributed by atoms with van der Waals surface area (Å²) in [5, 5.41) is 8.31. The van der Waals surface area contributed by atoms with Gasteiger partial charge in [-0.1, -0.05) is 18.1 Å². The van der Waals surface area contributed by atoms with Crippen molar-refractivity contribution in [1.82, 2.24) is 0 Å². The van der Waals surface area contributed by atoms with Crippen LogP contribution in [0.5, 0.6) is 5.75 Å². The van der Waals surface area contributed by atoms with Crippen LogP contribution in [0.3, 0.4) is 0 Å². The van der Waals surface area contributed by atoms with Crippen LogP contribution in [0.4, 0.5) is 0 Å². The standard InChI is InChI=1S/C12H9NO/c1-2-10-14-12-7-5-11(6-8-12)4-3-9-13/h1,3-8H,10H2. The van der Waals surface area contributed by atoms with Gasteiger partial charge in [0, 0.05) is 6.08 Å². The highest BCUT2D eigenvalue weighted by Crippen LogP contribution is 2.12. The molecule has 0 radical (unpaired) electrons. The average molecular weight is 183 g/mol. The Morgan fingerprint density at radius 2 is 2.07 bits per heavy atom. The van der Waals surface area contributed by atoms with Crippen LogP contribution in [0.2, 0.25) is 0 Å². The molecule has 1 rings (SSSR count). The van der Waals surface area contributed by atoms with Gasteiger partial charge < -0.3 is 4.74 Å². The summed E-state index contributed by atoms with van der Waals surface area (Å²) >= 11 is 0. The molecule has 0 aliphatic rings. The summed E-state index contributed by atoms with van der Waals surface area (Å²) in [5.41, 5.74) is 0.958. The van der Waals surface area contributed by atoms with Gasteiger partial charge in [-0.2, -0.15) is 5.26 Å². The van der Waals surface area contributed by atoms with Crippen molar-refractivity contribution in [3.8, 4) is 24.2 Å². The van der Waals surface area contributed by atoms with Crippen molar-refractivity contribution in [2.75, 3.05) is 6.61 Å². The van der Waals surface area contributed by atoms with E-state index in [0.29, 0.717) is 0 Å². The van der Waals surface area contributed by atoms with E-state index in [1.54, 1.807) is 6.08 Å². The molecule has 1 aromatic rings. The van der Waals surface area contributed by atoms with Crippen molar-refractivity contribution < 1.29 is 4.74 Å². The van der Waals surface area contributed by atoms with Gasteiger partial charge in [0.15, 0.2) is 0 Å². The zero-order valence-electron chi connectivity index (χ0n) is 7.60. The minimum Gasteiger partial charge on any atom is -0.481 e. The molecule has 0 aromatic heterocycles. The SMILES string of the molecule is C#CCOc1ccc(C=CC#N)cc1. The summed E-state index contributed by atoms with van der Waals surface area (Å²) < 4.78 is 5.19. The van der Waals surface area contributed by atoms with E-state index in [4.69, 9.17) is 16.4 Å². The molecule has 0 amide bonds. The predicted octanol–water partition coefficient (Wildman–Crippen LogP) is 2.24. The fraction of sp³-hybridized carbons (Fsp3) is 0.0833. The van der Waals surface area contributed by atoms with E-state index in [0.717, 1.165) is 11.3 Å². The van der Waals surface area contributed by atoms with Crippen molar-refractivity contribution in [1.29, 1.82) is 5.26 Å². The van der Waals surface area contributed by atoms with Gasteiger partial charge in [-0.05, 0) is 23.8 Å². The molecule has 0 fully saturated rings. The zero-order valence-corrected chi connectivity index (χ0v) is 7.60. The van der Waals surface area contributed by atoms with Crippen molar-refractivity contribution in [3.05, 3.63) is 35.9 Å². The van der Waals surface area contributed by atoms with Crippen molar-refractivity contribution >= 4 is 6.08 Å². The van der Waals surface area contributed by atoms with Gasteiger partial charge in [0.05, 0.1) is 6.07 Å². The summed E-state index contributed by atoms with van der Waals surface area (Å²) in [6, 6.07) is 9.28. The molecule has 0 saturated heterocycles. The van der Waals surface area contributed by atoms with Crippen molar-refractivity contribution in [2.45, 2.75) is 0 Å². The lowest BCUT2D eigenvalue weighted by atomic mass is 10.2. The summed E-state index contributed by atoms with van der Waals surface area (Å²) in [6.07, 6.45) is 8.20. The molecule has 0 saturated carbocycles. The van der Waals surface area contributed by atoms with Crippen LogP contribution in [0, 0.1) is 23.7 Å². The fourth-order valence-corrected chi connectivity index (χ4v) is 0.934. The number of rotatable bonds is 3. The molecule has 1 aromatic carbocycles. The van der Waals surface area contributed by atoms with Gasteiger partial charge in [0.2, 0.25) is 0 Å². The molecule has 2 heteroatoms. The molecule has 0 N–H and O–H groups in total. The van der Waals surface area contributed by atoms with Gasteiger partial charge in [-0.25, -0.2) is 0 Å². The number of ether oxygens (including phenoxy) is 1. The van der Waals surface area contributed by atoms with Crippen LogP contribution in [-0.2, 0) is 0 Å². The normalized spacial score (nSPS) is 9.29. The largest absolute Gasteiger partial charge is 0.481 e. The minimum absolute atomic E-state index is 0.271. The third kappa shape index (κ3) is 3.05. The molecule has 0 unspecified atom stereocenters. The van der Waals surface area contributed by atoms with Gasteiger partial charge in [-0.3, -0.25) is 0 Å². The number of hydrogen-bond donors (Lipinski definition) is 0. The smallest absolute Gasteiger partial charge is 0.148 e. The average Bonchev–Trinajstić information content (AvgIpc) is 2.25. The Morgan fingerprint density at radius 3 is 2.64 bits per heavy atom. The highest BCUT2D eigenvalue weighted by atomic mass is 16.5. The van der Waals surface area contributed by atoms with Crippen LogP contribution >= 0.6 is 0 Å². The second-order valence-corrected chi connectivity index (χ2v) is 2.52. The van der Waals surface area contributed by atoms with E-state index in [1.165, 1.54) is 6.08 Å². The second kappa shape index (κ2) is 5.45. The first kappa shape index (κ1) is 9.89. The number of terminal acetylenes is 1. The van der Waals surface area contributed by atoms with Crippen LogP contribution in [0.25, 0.3) is 6.08 Å². The van der Waals surface area contributed by atoms with E-state index in [1.807, 2.05) is 30.3 Å². The Bertz CT molecular complexity index is 390. The first-order chi connectivity index (χ1) is 6.86. The Balaban J connectivity index is 2.66. The molecule has 68 valence electrons. The van der Waals surface area contributed by atoms with Crippen LogP contribution in [-0.4, -0.2) is 6.61 Å². The third-order valence-electron chi connectivity index (χ3n) is 1.55. The highest BCUT2D eigenvalue weighted by Gasteiger charge is 1.91. The fourth-order valence-electron chi connectivity index (χ4n) is 0.934. The molecular formula is C12H9NO. The number of allylic oxidation sites excluding steroid dienone is 1. The van der Waals surface area contributed by atoms with Gasteiger partial charge in [0.25, 0.3) is 0 Å². The summed E-state index contributed by atoms with van der Waals surface area (Å²) in [5.74, 6) is 3.12. The Morgan fingerprint density at radius 1 is 1.36 bits per heavy atom. The lowest BCUT2D eigenvalue weighted by Crippen LogP contribution is -1.92. The number of hydrogen-bond acceptors (Lipinski definition) is 2. The number of nitriles is 1. The van der Waals surface area contributed by atoms with Crippen LogP contribution in [0.15, 0.2) is 30.3 Å². The molecule has 0 spiro atoms. The van der Waals surface area contributed by atoms with Crippen LogP contribution in [0.1, 0.15) is 5.56 Å². The predicted molar refractivity (Wildman–Crippen MR) is 55.4 cm³/mol. The first-order valence-corrected chi connectivity index (χ1v) is 4.09. The second-order valence-electron chi connectivity index (χ2n) is 2.52. The Hall–Kier alpha value is -2.19. The summed E-state index contributed by atoms with van der Waals surface area (Å²) in [6.45, 7) is 0.271. The molecule has 14 heavy (non-hydrogen) atoms. The molecule has 0 aliphatic heterocycles. The maximum absolute atomic E-state index is 8.31. The molecule has 2 nitrogen and oxygen atoms in total. The molecule has 0 bridgehead atoms. The molecular weight excluding hydrogens is 174 g/mol. The first-order valence-electron chi connectivity index (χ1n) is 4.09. The van der Waals surface area contributed by atoms with E-state index in [-0.39, 0.29) is 6.61 Å². The van der Waals surface area contributed by atoms with E-state index in [2.05, 4.69) is 5.92 Å². The minimum atomic E-state index is 0.271. The topological polar surface area (TPSA) is 33.0 Å². The third-order valence-corrected chi connectivity index (χ3v) is 1.55. The van der Waals surface area contributed by atoms with Gasteiger partial charge in [0.1, 0.15) is 12.4 Å². The van der Waals surface area contributed by atoms with Gasteiger partial charge >= 0.3 is 0 Å². The summed E-state index contributed by atoms with van der Waals surface area (Å²) in [7, 11) is 0. The number of nitrogens with zero attached hydrogens (tertiary/aromatic N) is 1. The maximum atomic E-state index is 8.31. The van der Waals surface area contributed by atoms with E-state index in [9.17, 15) is 0 Å². The van der Waals surface area contributed by atoms with Crippen molar-refractivity contribution in [3.63, 3.8) is 0 Å². The Labute approximate surface area is 83.4 Å². The van der Waals surface area contributed by atoms with Crippen molar-refractivity contribution in [2.24, 2.45) is 0 Å².